The van der Waals surface area contributed by atoms with Crippen molar-refractivity contribution in [1.82, 2.24) is 5.32 Å². The molecule has 13 nitrogen and oxygen atoms in total. The molecule has 4 rings (SSSR count). The molecule has 0 saturated carbocycles. The molecule has 1 N–H and O–H groups in total. The predicted molar refractivity (Wildman–Crippen MR) is 211 cm³/mol. The zero-order chi connectivity index (χ0) is 40.3. The predicted octanol–water partition coefficient (Wildman–Crippen LogP) is 10.1. The molecule has 1 fully saturated rings. The Balaban J connectivity index is 1.71. The minimum absolute atomic E-state index is 0.0882. The standard InChI is InChI=1S/C34H35BrCl6NO12P/c1-32(2,34(39,40)41)51-31(44)50-28-26(42-30(43)48-20-33(36,37)38)29(35)49-25(19-47-21-46-18-22-12-6-3-7-13-22)27(28)54-55(45,52-23-14-8-4-9-15-23)53-24-16-10-5-11-17-24/h3-17,25-29H,18-21H2,1-2H3,(H,42,43)/t25-,26-,27-,28-,29?/m1/s1. The third kappa shape index (κ3) is 15.1. The van der Waals surface area contributed by atoms with Crippen molar-refractivity contribution in [2.24, 2.45) is 0 Å². The monoisotopic (exact) mass is 969 g/mol. The van der Waals surface area contributed by atoms with E-state index in [1.54, 1.807) is 36.4 Å². The third-order valence-corrected chi connectivity index (χ3v) is 11.1. The summed E-state index contributed by atoms with van der Waals surface area (Å²) >= 11 is 38.9. The smallest absolute Gasteiger partial charge is 0.445 e. The molecule has 0 bridgehead atoms. The second kappa shape index (κ2) is 20.7. The van der Waals surface area contributed by atoms with Gasteiger partial charge in [0.25, 0.3) is 0 Å². The number of phosphoric acid groups is 1. The maximum Gasteiger partial charge on any atom is 0.588 e. The summed E-state index contributed by atoms with van der Waals surface area (Å²) in [4.78, 5) is 26.5. The molecule has 3 aromatic carbocycles. The molecule has 0 spiro atoms. The quantitative estimate of drug-likeness (QED) is 0.0479. The van der Waals surface area contributed by atoms with E-state index in [9.17, 15) is 14.2 Å². The fourth-order valence-electron chi connectivity index (χ4n) is 4.56. The van der Waals surface area contributed by atoms with Crippen LogP contribution < -0.4 is 14.4 Å². The molecule has 1 unspecified atom stereocenters. The topological polar surface area (TPSA) is 146 Å². The van der Waals surface area contributed by atoms with Crippen LogP contribution in [0.3, 0.4) is 0 Å². The van der Waals surface area contributed by atoms with Gasteiger partial charge in [-0.1, -0.05) is 152 Å². The molecule has 55 heavy (non-hydrogen) atoms. The van der Waals surface area contributed by atoms with E-state index in [1.807, 2.05) is 30.3 Å². The molecular weight excluding hydrogens is 938 g/mol. The van der Waals surface area contributed by atoms with E-state index in [4.69, 9.17) is 112 Å². The highest BCUT2D eigenvalue weighted by atomic mass is 79.9. The highest BCUT2D eigenvalue weighted by molar-refractivity contribution is 9.09. The largest absolute Gasteiger partial charge is 0.588 e. The molecule has 5 atom stereocenters. The summed E-state index contributed by atoms with van der Waals surface area (Å²) in [5, 5.41) is 1.30. The molecule has 3 aromatic rings. The van der Waals surface area contributed by atoms with Crippen LogP contribution in [0.25, 0.3) is 0 Å². The number of ether oxygens (including phenoxy) is 6. The van der Waals surface area contributed by atoms with Gasteiger partial charge in [0.05, 0.1) is 13.2 Å². The van der Waals surface area contributed by atoms with Crippen molar-refractivity contribution >= 4 is 106 Å². The first kappa shape index (κ1) is 45.8. The van der Waals surface area contributed by atoms with Gasteiger partial charge in [0.1, 0.15) is 48.2 Å². The molecule has 1 aliphatic heterocycles. The van der Waals surface area contributed by atoms with Crippen molar-refractivity contribution in [3.63, 3.8) is 0 Å². The number of rotatable bonds is 16. The number of para-hydroxylation sites is 2. The number of phosphoric ester groups is 1. The van der Waals surface area contributed by atoms with Crippen molar-refractivity contribution in [2.75, 3.05) is 20.0 Å². The highest BCUT2D eigenvalue weighted by Gasteiger charge is 2.54. The van der Waals surface area contributed by atoms with E-state index in [2.05, 4.69) is 21.2 Å². The van der Waals surface area contributed by atoms with Gasteiger partial charge >= 0.3 is 20.1 Å². The molecular formula is C34H35BrCl6NO12P. The maximum atomic E-state index is 14.7. The van der Waals surface area contributed by atoms with E-state index < -0.39 is 69.2 Å². The van der Waals surface area contributed by atoms with Crippen LogP contribution in [0.2, 0.25) is 0 Å². The Bertz CT molecular complexity index is 1660. The lowest BCUT2D eigenvalue weighted by Gasteiger charge is -2.44. The lowest BCUT2D eigenvalue weighted by atomic mass is 9.98. The molecule has 0 radical (unpaired) electrons. The first-order valence-corrected chi connectivity index (χ1v) is 20.7. The van der Waals surface area contributed by atoms with Gasteiger partial charge in [-0.2, -0.15) is 0 Å². The zero-order valence-electron chi connectivity index (χ0n) is 28.9. The zero-order valence-corrected chi connectivity index (χ0v) is 35.9. The number of carbonyl (C=O) groups excluding carboxylic acids is 2. The fraction of sp³-hybridized carbons (Fsp3) is 0.412. The number of alkyl halides is 7. The van der Waals surface area contributed by atoms with Gasteiger partial charge in [-0.3, -0.25) is 4.52 Å². The van der Waals surface area contributed by atoms with Crippen LogP contribution in [0.1, 0.15) is 19.4 Å². The van der Waals surface area contributed by atoms with Gasteiger partial charge in [0.2, 0.25) is 7.59 Å². The molecule has 1 amide bonds. The van der Waals surface area contributed by atoms with Crippen LogP contribution in [-0.4, -0.2) is 74.8 Å². The van der Waals surface area contributed by atoms with Crippen molar-refractivity contribution in [3.05, 3.63) is 96.6 Å². The maximum absolute atomic E-state index is 14.7. The Labute approximate surface area is 356 Å². The number of hydrogen-bond acceptors (Lipinski definition) is 12. The summed E-state index contributed by atoms with van der Waals surface area (Å²) < 4.78 is 62.4. The van der Waals surface area contributed by atoms with Crippen LogP contribution in [0.5, 0.6) is 11.5 Å². The van der Waals surface area contributed by atoms with Crippen LogP contribution in [0, 0.1) is 0 Å². The van der Waals surface area contributed by atoms with Gasteiger partial charge in [-0.05, 0) is 43.7 Å². The number of carbonyl (C=O) groups is 2. The van der Waals surface area contributed by atoms with Gasteiger partial charge in [0, 0.05) is 0 Å². The normalized spacial score (nSPS) is 20.6. The van der Waals surface area contributed by atoms with Crippen LogP contribution in [0.4, 0.5) is 9.59 Å². The van der Waals surface area contributed by atoms with Crippen LogP contribution in [0.15, 0.2) is 91.0 Å². The second-order valence-electron chi connectivity index (χ2n) is 12.0. The molecule has 1 saturated heterocycles. The Kier molecular flexibility index (Phi) is 17.2. The van der Waals surface area contributed by atoms with Gasteiger partial charge in [0.15, 0.2) is 11.7 Å². The third-order valence-electron chi connectivity index (χ3n) is 7.27. The Hall–Kier alpha value is -1.91. The van der Waals surface area contributed by atoms with Gasteiger partial charge in [-0.15, -0.1) is 0 Å². The molecule has 0 aromatic heterocycles. The number of halogens is 7. The molecule has 21 heteroatoms. The second-order valence-corrected chi connectivity index (χ2v) is 19.1. The van der Waals surface area contributed by atoms with E-state index >= 15 is 0 Å². The van der Waals surface area contributed by atoms with Crippen molar-refractivity contribution in [1.29, 1.82) is 0 Å². The fourth-order valence-corrected chi connectivity index (χ4v) is 6.99. The first-order valence-electron chi connectivity index (χ1n) is 16.1. The molecule has 1 aliphatic rings. The average molecular weight is 973 g/mol. The Morgan fingerprint density at radius 1 is 0.818 bits per heavy atom. The Morgan fingerprint density at radius 2 is 1.36 bits per heavy atom. The number of hydrogen-bond donors (Lipinski definition) is 1. The minimum Gasteiger partial charge on any atom is -0.445 e. The van der Waals surface area contributed by atoms with E-state index in [0.29, 0.717) is 0 Å². The number of nitrogens with one attached hydrogen (secondary N) is 1. The number of amides is 1. The summed E-state index contributed by atoms with van der Waals surface area (Å²) in [7, 11) is -4.79. The Morgan fingerprint density at radius 3 is 1.89 bits per heavy atom. The van der Waals surface area contributed by atoms with Crippen molar-refractivity contribution in [2.45, 2.75) is 63.0 Å². The van der Waals surface area contributed by atoms with E-state index in [-0.39, 0.29) is 31.5 Å². The lowest BCUT2D eigenvalue weighted by Crippen LogP contribution is -2.64. The van der Waals surface area contributed by atoms with E-state index in [1.165, 1.54) is 38.1 Å². The van der Waals surface area contributed by atoms with Crippen molar-refractivity contribution < 1.29 is 56.1 Å². The lowest BCUT2D eigenvalue weighted by molar-refractivity contribution is -0.189. The summed E-state index contributed by atoms with van der Waals surface area (Å²) in [6.07, 6.45) is -7.12. The van der Waals surface area contributed by atoms with Crippen LogP contribution >= 0.6 is 93.4 Å². The number of alkyl carbamates (subject to hydrolysis) is 1. The first-order chi connectivity index (χ1) is 25.8. The summed E-state index contributed by atoms with van der Waals surface area (Å²) in [5.74, 6) is 0.176. The van der Waals surface area contributed by atoms with Crippen molar-refractivity contribution in [3.8, 4) is 11.5 Å². The summed E-state index contributed by atoms with van der Waals surface area (Å²) in [6.45, 7) is 1.63. The molecule has 302 valence electrons. The van der Waals surface area contributed by atoms with E-state index in [0.717, 1.165) is 5.56 Å². The average Bonchev–Trinajstić information content (AvgIpc) is 3.10. The molecule has 0 aliphatic carbocycles. The van der Waals surface area contributed by atoms with Crippen LogP contribution in [-0.2, 0) is 44.1 Å². The number of benzene rings is 3. The summed E-state index contributed by atoms with van der Waals surface area (Å²) in [6, 6.07) is 23.9. The van der Waals surface area contributed by atoms with Gasteiger partial charge < -0.3 is 42.8 Å². The summed E-state index contributed by atoms with van der Waals surface area (Å²) in [5.41, 5.74) is -0.865. The molecule has 1 heterocycles. The SMILES string of the molecule is CC(C)(OC(=O)O[C@H]1[C@H](OP(=O)(Oc2ccccc2)Oc2ccccc2)[C@@H](COCOCc2ccccc2)OC(Br)[C@@H]1NC(=O)OCC(Cl)(Cl)Cl)C(Cl)(Cl)Cl. The van der Waals surface area contributed by atoms with Gasteiger partial charge in [-0.25, -0.2) is 14.2 Å². The minimum atomic E-state index is -4.79. The highest BCUT2D eigenvalue weighted by Crippen LogP contribution is 2.53.